The van der Waals surface area contributed by atoms with Gasteiger partial charge in [0, 0.05) is 6.92 Å². The zero-order valence-electron chi connectivity index (χ0n) is 12.1. The maximum absolute atomic E-state index is 12.5. The van der Waals surface area contributed by atoms with E-state index in [1.807, 2.05) is 0 Å². The van der Waals surface area contributed by atoms with E-state index in [1.165, 1.54) is 13.0 Å². The third-order valence-electron chi connectivity index (χ3n) is 2.38. The molecular formula is C14H15F3O5. The second-order valence-electron chi connectivity index (χ2n) is 4.65. The van der Waals surface area contributed by atoms with Gasteiger partial charge in [-0.3, -0.25) is 4.79 Å². The van der Waals surface area contributed by atoms with E-state index in [0.717, 1.165) is 12.1 Å². The van der Waals surface area contributed by atoms with Crippen molar-refractivity contribution in [1.82, 2.24) is 0 Å². The first-order valence-electron chi connectivity index (χ1n) is 6.36. The van der Waals surface area contributed by atoms with Crippen molar-refractivity contribution in [2.24, 2.45) is 5.92 Å². The van der Waals surface area contributed by atoms with Gasteiger partial charge in [0.25, 0.3) is 0 Å². The minimum Gasteiger partial charge on any atom is -0.425 e. The fraction of sp³-hybridized carbons (Fsp3) is 0.429. The molecule has 22 heavy (non-hydrogen) atoms. The molecule has 122 valence electrons. The van der Waals surface area contributed by atoms with Crippen LogP contribution < -0.4 is 4.74 Å². The second kappa shape index (κ2) is 7.15. The molecule has 0 aliphatic heterocycles. The van der Waals surface area contributed by atoms with Crippen molar-refractivity contribution in [3.8, 4) is 5.75 Å². The SMILES string of the molecule is CC(C)C(=O)O[C@@H](C)OC(=O)Oc1cccc(C(F)(F)F)c1. The summed E-state index contributed by atoms with van der Waals surface area (Å²) in [6.45, 7) is 4.47. The largest absolute Gasteiger partial charge is 0.516 e. The van der Waals surface area contributed by atoms with Gasteiger partial charge in [0.1, 0.15) is 5.75 Å². The highest BCUT2D eigenvalue weighted by atomic mass is 19.4. The van der Waals surface area contributed by atoms with Crippen LogP contribution in [-0.4, -0.2) is 18.4 Å². The molecule has 0 N–H and O–H groups in total. The smallest absolute Gasteiger partial charge is 0.425 e. The molecule has 0 amide bonds. The number of rotatable bonds is 4. The van der Waals surface area contributed by atoms with E-state index in [1.54, 1.807) is 13.8 Å². The molecule has 1 aromatic carbocycles. The maximum Gasteiger partial charge on any atom is 0.516 e. The Morgan fingerprint density at radius 3 is 2.27 bits per heavy atom. The van der Waals surface area contributed by atoms with Crippen LogP contribution in [0.2, 0.25) is 0 Å². The second-order valence-corrected chi connectivity index (χ2v) is 4.65. The van der Waals surface area contributed by atoms with Gasteiger partial charge in [0.05, 0.1) is 11.5 Å². The first kappa shape index (κ1) is 17.8. The van der Waals surface area contributed by atoms with Crippen molar-refractivity contribution in [2.45, 2.75) is 33.2 Å². The van der Waals surface area contributed by atoms with Gasteiger partial charge in [-0.15, -0.1) is 0 Å². The summed E-state index contributed by atoms with van der Waals surface area (Å²) < 4.78 is 51.5. The number of hydrogen-bond donors (Lipinski definition) is 0. The zero-order valence-corrected chi connectivity index (χ0v) is 12.1. The number of carbonyl (C=O) groups is 2. The Morgan fingerprint density at radius 2 is 1.73 bits per heavy atom. The van der Waals surface area contributed by atoms with E-state index >= 15 is 0 Å². The maximum atomic E-state index is 12.5. The molecule has 0 bridgehead atoms. The predicted molar refractivity (Wildman–Crippen MR) is 68.9 cm³/mol. The van der Waals surface area contributed by atoms with Gasteiger partial charge in [-0.2, -0.15) is 13.2 Å². The van der Waals surface area contributed by atoms with Gasteiger partial charge >= 0.3 is 18.3 Å². The lowest BCUT2D eigenvalue weighted by molar-refractivity contribution is -0.170. The Morgan fingerprint density at radius 1 is 1.09 bits per heavy atom. The molecule has 8 heteroatoms. The summed E-state index contributed by atoms with van der Waals surface area (Å²) in [7, 11) is 0. The third-order valence-corrected chi connectivity index (χ3v) is 2.38. The van der Waals surface area contributed by atoms with Crippen molar-refractivity contribution in [3.63, 3.8) is 0 Å². The van der Waals surface area contributed by atoms with E-state index in [9.17, 15) is 22.8 Å². The first-order valence-corrected chi connectivity index (χ1v) is 6.36. The molecule has 5 nitrogen and oxygen atoms in total. The van der Waals surface area contributed by atoms with Crippen LogP contribution in [-0.2, 0) is 20.4 Å². The average molecular weight is 320 g/mol. The van der Waals surface area contributed by atoms with Crippen LogP contribution in [0.4, 0.5) is 18.0 Å². The van der Waals surface area contributed by atoms with Gasteiger partial charge in [-0.1, -0.05) is 19.9 Å². The van der Waals surface area contributed by atoms with Crippen LogP contribution in [0, 0.1) is 5.92 Å². The highest BCUT2D eigenvalue weighted by molar-refractivity contribution is 5.72. The molecule has 0 saturated heterocycles. The summed E-state index contributed by atoms with van der Waals surface area (Å²) in [4.78, 5) is 22.7. The quantitative estimate of drug-likeness (QED) is 0.480. The molecule has 1 rings (SSSR count). The topological polar surface area (TPSA) is 61.8 Å². The zero-order chi connectivity index (χ0) is 16.9. The highest BCUT2D eigenvalue weighted by Crippen LogP contribution is 2.31. The number of esters is 1. The van der Waals surface area contributed by atoms with Gasteiger partial charge in [-0.05, 0) is 18.2 Å². The molecule has 0 aromatic heterocycles. The molecule has 0 fully saturated rings. The van der Waals surface area contributed by atoms with Gasteiger partial charge in [0.15, 0.2) is 0 Å². The van der Waals surface area contributed by atoms with Crippen molar-refractivity contribution in [3.05, 3.63) is 29.8 Å². The Kier molecular flexibility index (Phi) is 5.78. The molecule has 0 aliphatic rings. The summed E-state index contributed by atoms with van der Waals surface area (Å²) in [5.41, 5.74) is -0.961. The summed E-state index contributed by atoms with van der Waals surface area (Å²) in [6, 6.07) is 3.76. The fourth-order valence-corrected chi connectivity index (χ4v) is 1.32. The van der Waals surface area contributed by atoms with Crippen LogP contribution in [0.25, 0.3) is 0 Å². The van der Waals surface area contributed by atoms with Crippen molar-refractivity contribution < 1.29 is 37.0 Å². The van der Waals surface area contributed by atoms with Crippen LogP contribution in [0.3, 0.4) is 0 Å². The van der Waals surface area contributed by atoms with Crippen molar-refractivity contribution in [2.75, 3.05) is 0 Å². The summed E-state index contributed by atoms with van der Waals surface area (Å²) in [6.07, 6.45) is -7.04. The first-order chi connectivity index (χ1) is 10.1. The van der Waals surface area contributed by atoms with E-state index in [0.29, 0.717) is 6.07 Å². The molecule has 1 atom stereocenters. The molecule has 0 aliphatic carbocycles. The summed E-state index contributed by atoms with van der Waals surface area (Å²) in [5.74, 6) is -1.33. The Hall–Kier alpha value is -2.25. The standard InChI is InChI=1S/C14H15F3O5/c1-8(2)12(18)20-9(3)21-13(19)22-11-6-4-5-10(7-11)14(15,16)17/h4-9H,1-3H3/t9-/m1/s1. The van der Waals surface area contributed by atoms with Crippen molar-refractivity contribution in [1.29, 1.82) is 0 Å². The number of benzene rings is 1. The molecule has 0 spiro atoms. The number of alkyl halides is 3. The Balaban J connectivity index is 2.60. The van der Waals surface area contributed by atoms with Gasteiger partial charge < -0.3 is 14.2 Å². The van der Waals surface area contributed by atoms with E-state index in [2.05, 4.69) is 9.47 Å². The molecule has 0 heterocycles. The van der Waals surface area contributed by atoms with E-state index in [4.69, 9.17) is 4.74 Å². The lowest BCUT2D eigenvalue weighted by Gasteiger charge is -2.15. The van der Waals surface area contributed by atoms with E-state index < -0.39 is 36.1 Å². The normalized spacial score (nSPS) is 12.7. The molecule has 0 unspecified atom stereocenters. The predicted octanol–water partition coefficient (Wildman–Crippen LogP) is 3.77. The lowest BCUT2D eigenvalue weighted by atomic mass is 10.2. The van der Waals surface area contributed by atoms with Gasteiger partial charge in [0.2, 0.25) is 6.29 Å². The summed E-state index contributed by atoms with van der Waals surface area (Å²) >= 11 is 0. The molecule has 0 saturated carbocycles. The highest BCUT2D eigenvalue weighted by Gasteiger charge is 2.31. The molecular weight excluding hydrogens is 305 g/mol. The minimum atomic E-state index is -4.55. The number of ether oxygens (including phenoxy) is 3. The van der Waals surface area contributed by atoms with Gasteiger partial charge in [-0.25, -0.2) is 4.79 Å². The minimum absolute atomic E-state index is 0.331. The lowest BCUT2D eigenvalue weighted by Crippen LogP contribution is -2.25. The average Bonchev–Trinajstić information content (AvgIpc) is 2.37. The Bertz CT molecular complexity index is 540. The van der Waals surface area contributed by atoms with Crippen LogP contribution in [0.15, 0.2) is 24.3 Å². The summed E-state index contributed by atoms with van der Waals surface area (Å²) in [5, 5.41) is 0. The van der Waals surface area contributed by atoms with Crippen LogP contribution >= 0.6 is 0 Å². The monoisotopic (exact) mass is 320 g/mol. The third kappa shape index (κ3) is 5.63. The van der Waals surface area contributed by atoms with Crippen LogP contribution in [0.1, 0.15) is 26.3 Å². The molecule has 0 radical (unpaired) electrons. The number of halogens is 3. The Labute approximate surface area is 125 Å². The number of hydrogen-bond acceptors (Lipinski definition) is 5. The van der Waals surface area contributed by atoms with E-state index in [-0.39, 0.29) is 5.75 Å². The molecule has 1 aromatic rings. The number of carbonyl (C=O) groups excluding carboxylic acids is 2. The fourth-order valence-electron chi connectivity index (χ4n) is 1.32. The van der Waals surface area contributed by atoms with Crippen LogP contribution in [0.5, 0.6) is 5.75 Å². The van der Waals surface area contributed by atoms with Crippen molar-refractivity contribution >= 4 is 12.1 Å².